The zero-order valence-corrected chi connectivity index (χ0v) is 19.1. The Morgan fingerprint density at radius 2 is 1.79 bits per heavy atom. The van der Waals surface area contributed by atoms with Crippen molar-refractivity contribution in [2.45, 2.75) is 48.5 Å². The van der Waals surface area contributed by atoms with Crippen LogP contribution in [-0.2, 0) is 9.59 Å². The van der Waals surface area contributed by atoms with E-state index in [1.807, 2.05) is 19.1 Å². The average molecular weight is 416 g/mol. The maximum atomic E-state index is 12.5. The molecular weight excluding hydrogens is 386 g/mol. The number of amides is 1. The number of carbonyl (C=O) groups excluding carboxylic acids is 2. The number of rotatable bonds is 5. The molecule has 0 radical (unpaired) electrons. The van der Waals surface area contributed by atoms with E-state index in [2.05, 4.69) is 30.1 Å². The van der Waals surface area contributed by atoms with Crippen molar-refractivity contribution in [3.8, 4) is 0 Å². The minimum atomic E-state index is -0.627. The van der Waals surface area contributed by atoms with Crippen LogP contribution in [0.2, 0.25) is 0 Å². The monoisotopic (exact) mass is 415 g/mol. The first kappa shape index (κ1) is 22.9. The molecule has 6 heteroatoms. The summed E-state index contributed by atoms with van der Waals surface area (Å²) < 4.78 is 0. The van der Waals surface area contributed by atoms with Crippen LogP contribution in [0.3, 0.4) is 0 Å². The van der Waals surface area contributed by atoms with Crippen LogP contribution in [-0.4, -0.2) is 30.5 Å². The van der Waals surface area contributed by atoms with Crippen molar-refractivity contribution in [2.75, 3.05) is 18.0 Å². The molecule has 156 valence electrons. The van der Waals surface area contributed by atoms with Gasteiger partial charge in [0.25, 0.3) is 0 Å². The van der Waals surface area contributed by atoms with E-state index in [0.29, 0.717) is 11.3 Å². The lowest BCUT2D eigenvalue weighted by Crippen LogP contribution is -2.38. The molecule has 0 saturated heterocycles. The number of carbonyl (C=O) groups is 2. The van der Waals surface area contributed by atoms with Crippen molar-refractivity contribution < 1.29 is 9.59 Å². The molecule has 1 amide bonds. The van der Waals surface area contributed by atoms with Gasteiger partial charge in [-0.2, -0.15) is 0 Å². The number of nitrogens with one attached hydrogen (secondary N) is 1. The first-order chi connectivity index (χ1) is 13.5. The Kier molecular flexibility index (Phi) is 7.06. The summed E-state index contributed by atoms with van der Waals surface area (Å²) in [5.41, 5.74) is 3.65. The highest BCUT2D eigenvalue weighted by molar-refractivity contribution is 6.49. The number of halogens is 1. The lowest BCUT2D eigenvalue weighted by molar-refractivity contribution is -0.128. The molecule has 5 nitrogen and oxygen atoms in total. The van der Waals surface area contributed by atoms with Gasteiger partial charge in [0, 0.05) is 24.2 Å². The molecule has 0 spiro atoms. The molecule has 2 rings (SSSR count). The number of aryl methyl sites for hydroxylation is 1. The highest BCUT2D eigenvalue weighted by Crippen LogP contribution is 2.29. The molecule has 0 fully saturated rings. The molecule has 0 heterocycles. The summed E-state index contributed by atoms with van der Waals surface area (Å²) >= 11 is 6.27. The summed E-state index contributed by atoms with van der Waals surface area (Å²) in [4.78, 5) is 31.9. The number of Topliss-reactive ketones (excluding diaryl/α,β-unsaturated/α-hetero) is 1. The maximum absolute atomic E-state index is 12.5. The molecule has 1 N–H and O–H groups in total. The smallest absolute Gasteiger partial charge is 0.229 e. The van der Waals surface area contributed by atoms with E-state index in [4.69, 9.17) is 16.6 Å². The largest absolute Gasteiger partial charge is 0.372 e. The standard InChI is InChI=1S/C23H30ClN3O2/c1-8-27(9-2)16-10-11-17(14(3)12-16)25-18-13-19(21(28)20(24)15(18)4)26-22(29)23(5,6)7/h10-13H,8-9H2,1-7H3,(H,26,29)/b25-18+. The highest BCUT2D eigenvalue weighted by Gasteiger charge is 2.29. The molecule has 0 aliphatic heterocycles. The Hall–Kier alpha value is -2.40. The minimum Gasteiger partial charge on any atom is -0.372 e. The number of benzene rings is 1. The summed E-state index contributed by atoms with van der Waals surface area (Å²) in [5, 5.41) is 2.77. The summed E-state index contributed by atoms with van der Waals surface area (Å²) in [6.07, 6.45) is 1.60. The Morgan fingerprint density at radius 1 is 1.17 bits per heavy atom. The van der Waals surface area contributed by atoms with Gasteiger partial charge in [-0.3, -0.25) is 9.59 Å². The second kappa shape index (κ2) is 8.95. The van der Waals surface area contributed by atoms with Crippen molar-refractivity contribution in [3.05, 3.63) is 46.1 Å². The number of nitrogens with zero attached hydrogens (tertiary/aromatic N) is 2. The number of ketones is 1. The first-order valence-corrected chi connectivity index (χ1v) is 10.3. The third kappa shape index (κ3) is 5.15. The first-order valence-electron chi connectivity index (χ1n) is 9.88. The predicted molar refractivity (Wildman–Crippen MR) is 121 cm³/mol. The number of anilines is 1. The van der Waals surface area contributed by atoms with Crippen LogP contribution in [0, 0.1) is 12.3 Å². The molecule has 1 aliphatic carbocycles. The van der Waals surface area contributed by atoms with Crippen molar-refractivity contribution in [1.82, 2.24) is 5.32 Å². The second-order valence-corrected chi connectivity index (χ2v) is 8.55. The lowest BCUT2D eigenvalue weighted by Gasteiger charge is -2.22. The number of hydrogen-bond acceptors (Lipinski definition) is 4. The summed E-state index contributed by atoms with van der Waals surface area (Å²) in [6.45, 7) is 15.2. The van der Waals surface area contributed by atoms with Gasteiger partial charge in [0.1, 0.15) is 0 Å². The molecule has 0 saturated carbocycles. The fourth-order valence-corrected chi connectivity index (χ4v) is 3.11. The molecule has 29 heavy (non-hydrogen) atoms. The Labute approximate surface area is 178 Å². The van der Waals surface area contributed by atoms with Crippen LogP contribution in [0.4, 0.5) is 11.4 Å². The summed E-state index contributed by atoms with van der Waals surface area (Å²) in [5.74, 6) is -0.644. The predicted octanol–water partition coefficient (Wildman–Crippen LogP) is 5.06. The van der Waals surface area contributed by atoms with Gasteiger partial charge >= 0.3 is 0 Å². The quantitative estimate of drug-likeness (QED) is 0.684. The van der Waals surface area contributed by atoms with Crippen molar-refractivity contribution in [3.63, 3.8) is 0 Å². The zero-order valence-electron chi connectivity index (χ0n) is 18.3. The normalized spacial score (nSPS) is 16.2. The fourth-order valence-electron chi connectivity index (χ4n) is 2.91. The van der Waals surface area contributed by atoms with Crippen LogP contribution >= 0.6 is 11.6 Å². The average Bonchev–Trinajstić information content (AvgIpc) is 2.65. The van der Waals surface area contributed by atoms with Crippen molar-refractivity contribution >= 4 is 40.4 Å². The second-order valence-electron chi connectivity index (χ2n) is 8.17. The topological polar surface area (TPSA) is 61.8 Å². The van der Waals surface area contributed by atoms with Crippen LogP contribution in [0.25, 0.3) is 0 Å². The van der Waals surface area contributed by atoms with Gasteiger partial charge in [0.2, 0.25) is 11.7 Å². The SMILES string of the molecule is CCN(CC)c1ccc(/N=C2\C=C(NC(=O)C(C)(C)C)C(=O)C(Cl)=C2C)c(C)c1. The van der Waals surface area contributed by atoms with Crippen LogP contribution in [0.5, 0.6) is 0 Å². The Bertz CT molecular complexity index is 917. The van der Waals surface area contributed by atoms with Gasteiger partial charge in [-0.15, -0.1) is 0 Å². The number of aliphatic imine (C=N–C) groups is 1. The van der Waals surface area contributed by atoms with Gasteiger partial charge in [-0.25, -0.2) is 4.99 Å². The van der Waals surface area contributed by atoms with Gasteiger partial charge in [-0.05, 0) is 63.1 Å². The molecular formula is C23H30ClN3O2. The lowest BCUT2D eigenvalue weighted by atomic mass is 9.94. The van der Waals surface area contributed by atoms with E-state index in [1.165, 1.54) is 0 Å². The Morgan fingerprint density at radius 3 is 2.31 bits per heavy atom. The van der Waals surface area contributed by atoms with Gasteiger partial charge < -0.3 is 10.2 Å². The molecule has 0 aromatic heterocycles. The van der Waals surface area contributed by atoms with Crippen LogP contribution in [0.1, 0.15) is 47.1 Å². The van der Waals surface area contributed by atoms with Gasteiger partial charge in [0.15, 0.2) is 0 Å². The molecule has 1 aromatic rings. The van der Waals surface area contributed by atoms with E-state index in [9.17, 15) is 9.59 Å². The fraction of sp³-hybridized carbons (Fsp3) is 0.435. The summed E-state index contributed by atoms with van der Waals surface area (Å²) in [6, 6.07) is 6.11. The van der Waals surface area contributed by atoms with Crippen molar-refractivity contribution in [2.24, 2.45) is 10.4 Å². The molecule has 1 aromatic carbocycles. The van der Waals surface area contributed by atoms with Crippen LogP contribution < -0.4 is 10.2 Å². The van der Waals surface area contributed by atoms with E-state index in [-0.39, 0.29) is 16.6 Å². The minimum absolute atomic E-state index is 0.0767. The Balaban J connectivity index is 2.44. The highest BCUT2D eigenvalue weighted by atomic mass is 35.5. The van der Waals surface area contributed by atoms with E-state index in [0.717, 1.165) is 30.0 Å². The number of hydrogen-bond donors (Lipinski definition) is 1. The molecule has 0 bridgehead atoms. The van der Waals surface area contributed by atoms with E-state index in [1.54, 1.807) is 33.8 Å². The maximum Gasteiger partial charge on any atom is 0.229 e. The van der Waals surface area contributed by atoms with Gasteiger partial charge in [-0.1, -0.05) is 32.4 Å². The van der Waals surface area contributed by atoms with Gasteiger partial charge in [0.05, 0.1) is 22.1 Å². The summed E-state index contributed by atoms with van der Waals surface area (Å²) in [7, 11) is 0. The van der Waals surface area contributed by atoms with E-state index < -0.39 is 11.2 Å². The third-order valence-electron chi connectivity index (χ3n) is 4.92. The van der Waals surface area contributed by atoms with Crippen LogP contribution in [0.15, 0.2) is 45.6 Å². The molecule has 0 unspecified atom stereocenters. The third-order valence-corrected chi connectivity index (χ3v) is 5.37. The zero-order chi connectivity index (χ0) is 21.9. The molecule has 1 aliphatic rings. The van der Waals surface area contributed by atoms with E-state index >= 15 is 0 Å². The number of allylic oxidation sites excluding steroid dienone is 3. The molecule has 0 atom stereocenters. The van der Waals surface area contributed by atoms with Crippen molar-refractivity contribution in [1.29, 1.82) is 0 Å².